The van der Waals surface area contributed by atoms with E-state index in [1.807, 2.05) is 269 Å². The zero-order valence-corrected chi connectivity index (χ0v) is 94.0. The summed E-state index contributed by atoms with van der Waals surface area (Å²) in [5, 5.41) is 17.3. The Morgan fingerprint density at radius 3 is 1.43 bits per heavy atom. The number of rotatable bonds is 18. The van der Waals surface area contributed by atoms with Gasteiger partial charge in [-0.15, -0.1) is 0 Å². The lowest BCUT2D eigenvalue weighted by molar-refractivity contribution is -0.143. The van der Waals surface area contributed by atoms with E-state index < -0.39 is 54.1 Å². The highest BCUT2D eigenvalue weighted by Crippen LogP contribution is 2.68. The third-order valence-electron chi connectivity index (χ3n) is 19.2. The first-order valence-corrected chi connectivity index (χ1v) is 57.5. The number of amides is 1. The molecule has 0 unspecified atom stereocenters. The fourth-order valence-corrected chi connectivity index (χ4v) is 14.4. The number of nitrogens with zero attached hydrogens (tertiary/aromatic N) is 12. The number of carbonyl (C=O) groups is 3. The Morgan fingerprint density at radius 1 is 0.556 bits per heavy atom. The number of halogens is 10. The highest BCUT2D eigenvalue weighted by molar-refractivity contribution is 9.94. The zero-order valence-electron chi connectivity index (χ0n) is 77.2. The van der Waals surface area contributed by atoms with E-state index in [0.29, 0.717) is 45.7 Å². The number of hydrazine groups is 1. The lowest BCUT2D eigenvalue weighted by Crippen LogP contribution is -2.43. The van der Waals surface area contributed by atoms with Crippen molar-refractivity contribution in [1.29, 1.82) is 0 Å². The fraction of sp³-hybridized carbons (Fsp3) is 0.200. The number of hydrogen-bond acceptors (Lipinski definition) is 22. The molecule has 0 bridgehead atoms. The van der Waals surface area contributed by atoms with Gasteiger partial charge < -0.3 is 23.8 Å². The normalized spacial score (nSPS) is 12.0. The van der Waals surface area contributed by atoms with Crippen LogP contribution in [0.4, 0.5) is 0 Å². The molecule has 3 atom stereocenters. The van der Waals surface area contributed by atoms with Gasteiger partial charge in [-0.25, -0.2) is 43.6 Å². The molecule has 9 N–H and O–H groups in total. The number of benzene rings is 8. The summed E-state index contributed by atoms with van der Waals surface area (Å²) in [6.45, 7) is 12.6. The van der Waals surface area contributed by atoms with Crippen LogP contribution in [0.3, 0.4) is 0 Å². The molecule has 16 rings (SSSR count). The molecule has 0 spiro atoms. The molecular weight excluding hydrogens is 2510 g/mol. The third kappa shape index (κ3) is 43.7. The average molecular weight is 2610 g/mol. The van der Waals surface area contributed by atoms with Gasteiger partial charge >= 0.3 is 34.2 Å². The Kier molecular flexibility index (Phi) is 55.3. The molecule has 0 aliphatic carbocycles. The fourth-order valence-electron chi connectivity index (χ4n) is 12.5. The number of nitrogens with one attached hydrogen (secondary N) is 7. The Balaban J connectivity index is 0.000000280. The predicted octanol–water partition coefficient (Wildman–Crippen LogP) is 16.3. The molecule has 142 heavy (non-hydrogen) atoms. The van der Waals surface area contributed by atoms with E-state index >= 15 is 0 Å². The molecule has 0 saturated heterocycles. The summed E-state index contributed by atoms with van der Waals surface area (Å²) in [5.41, 5.74) is 8.95. The molecule has 15 aromatic rings. The predicted molar refractivity (Wildman–Crippen MR) is 586 cm³/mol. The van der Waals surface area contributed by atoms with Crippen LogP contribution in [-0.4, -0.2) is 113 Å². The number of carbonyl (C=O) groups excluding carboxylic acids is 3. The molecular formula is C95H99Br10N20O16P. The summed E-state index contributed by atoms with van der Waals surface area (Å²) in [6.07, 6.45) is 10.3. The Morgan fingerprint density at radius 2 is 1.01 bits per heavy atom. The number of aromatic nitrogens is 17. The van der Waals surface area contributed by atoms with Crippen LogP contribution in [0.1, 0.15) is 102 Å². The molecule has 8 aromatic carbocycles. The molecule has 8 heterocycles. The summed E-state index contributed by atoms with van der Waals surface area (Å²) >= 11 is 29.5. The van der Waals surface area contributed by atoms with Crippen LogP contribution < -0.4 is 72.8 Å². The SMILES string of the molecule is BrBr.CC[C@H]1C=C(Br)C(=O)N([C@@H](C)c2ccccc2)[C@@H]1c1ccccc1.COC(=O)CC(C)=O.Cc1c(Br)c(=O)n(Cc2ccccc2)n1C.Cc1cc(=O)n(Cc2ccccc2)[nH]1.Cn1nc(Br)c(=O)n(Cc2ccccc2)c1=O.NNCc1ccccc1.O=P(Br)(Br)Br.O=c1[nH]ccn(Cc2ccccc2)c1=O.O=c1[nH]nc(Br)c(=O)[nH]1.O=c1c(Br)nccn1Cc1ccccc1.O=c1cn[nH]c(=O)[nH]1. The Labute approximate surface area is 894 Å². The van der Waals surface area contributed by atoms with Crippen molar-refractivity contribution in [2.45, 2.75) is 98.8 Å². The van der Waals surface area contributed by atoms with Crippen molar-refractivity contribution in [2.75, 3.05) is 7.11 Å². The number of H-pyrrole nitrogens is 6. The second-order valence-electron chi connectivity index (χ2n) is 29.5. The number of hydrogen-bond donors (Lipinski definition) is 8. The standard InChI is InChI=1S/C21H22BrNO.C12H13BrN2O.C11H10BrN3O2.C11H9BrN2O.C11H10N2O2.C11H12N2O.C7H10N2.C5H8O3.C3H2BrN3O2.C3H3N3O2.Br3OP.Br2/c1-3-16-14-19(22)21(24)23(15(2)17-10-6-4-7-11-17)20(16)18-12-8-5-9-13-18;1-9-11(13)12(16)15(14(9)2)8-10-6-4-3-5-7-10;1-14-11(17)15(10(16)9(12)13-14)7-8-5-3-2-4-6-8;12-10-11(15)14(7-6-13-10)8-9-4-2-1-3-5-9;14-10-11(15)13(7-6-12-10)8-9-4-2-1-3-5-9;1-9-7-11(14)13(12-9)8-10-5-3-2-4-6-10;8-9-6-7-4-2-1-3-5-7;1-4(6)3-5(7)8-2;4-1-2(8)5-3(9)7-6-1;7-2-1-4-6-3(8)5-2;1-5(2,3)4;1-2/h4-16,20H,3H2,1-2H3;3-7H,8H2,1-2H3;2-6H,7H2,1H3;1-7H,8H2;1-7H,8H2,(H,12,14);2-7,12H,8H2,1H3;1-5,9H,6,8H2;3H2,1-2H3;(H2,5,7,8,9);1H,(H2,5,6,7,8);;/t15-,16-,20-;;;;;;;;;;;/m0.........../s1. The quantitative estimate of drug-likeness (QED) is 0.00987. The maximum absolute atomic E-state index is 13.0. The van der Waals surface area contributed by atoms with Gasteiger partial charge in [0.05, 0.1) is 62.1 Å². The Bertz CT molecular complexity index is 7170. The minimum Gasteiger partial charge on any atom is -0.469 e. The van der Waals surface area contributed by atoms with Crippen LogP contribution in [0.2, 0.25) is 0 Å². The first-order valence-electron chi connectivity index (χ1n) is 42.1. The van der Waals surface area contributed by atoms with Crippen molar-refractivity contribution >= 4 is 175 Å². The molecule has 1 aliphatic heterocycles. The summed E-state index contributed by atoms with van der Waals surface area (Å²) in [5.74, 6) is 4.82. The molecule has 47 heteroatoms. The first-order chi connectivity index (χ1) is 67.7. The van der Waals surface area contributed by atoms with Crippen LogP contribution >= 0.6 is 158 Å². The van der Waals surface area contributed by atoms with E-state index in [2.05, 4.69) is 239 Å². The number of esters is 1. The summed E-state index contributed by atoms with van der Waals surface area (Å²) < 4.78 is 24.3. The monoisotopic (exact) mass is 2600 g/mol. The molecule has 36 nitrogen and oxygen atoms in total. The van der Waals surface area contributed by atoms with Gasteiger partial charge in [0.25, 0.3) is 42.5 Å². The smallest absolute Gasteiger partial charge is 0.347 e. The molecule has 0 fully saturated rings. The van der Waals surface area contributed by atoms with E-state index in [0.717, 1.165) is 73.2 Å². The number of nitrogens with two attached hydrogens (primary N) is 1. The van der Waals surface area contributed by atoms with E-state index in [4.69, 9.17) is 5.84 Å². The summed E-state index contributed by atoms with van der Waals surface area (Å²) in [7, 11) is 4.66. The lowest BCUT2D eigenvalue weighted by Gasteiger charge is -2.43. The van der Waals surface area contributed by atoms with E-state index in [1.165, 1.54) is 43.0 Å². The number of ketones is 1. The van der Waals surface area contributed by atoms with Crippen molar-refractivity contribution < 1.29 is 23.7 Å². The molecule has 0 saturated carbocycles. The number of ether oxygens (including phenoxy) is 1. The van der Waals surface area contributed by atoms with Gasteiger partial charge in [-0.05, 0) is 158 Å². The maximum Gasteiger partial charge on any atom is 0.347 e. The second kappa shape index (κ2) is 64.9. The van der Waals surface area contributed by atoms with E-state index in [9.17, 15) is 71.7 Å². The van der Waals surface area contributed by atoms with Gasteiger partial charge in [-0.1, -0.05) is 256 Å². The van der Waals surface area contributed by atoms with Gasteiger partial charge in [-0.3, -0.25) is 92.9 Å². The van der Waals surface area contributed by atoms with Gasteiger partial charge in [0.1, 0.15) is 22.9 Å². The minimum absolute atomic E-state index is 0.0132. The van der Waals surface area contributed by atoms with Crippen LogP contribution in [0.25, 0.3) is 0 Å². The van der Waals surface area contributed by atoms with Crippen LogP contribution in [0, 0.1) is 19.8 Å². The number of Topliss-reactive ketones (excluding diaryl/α,β-unsaturated/α-hetero) is 1. The number of methoxy groups -OCH3 is 1. The lowest BCUT2D eigenvalue weighted by atomic mass is 9.85. The number of aromatic amines is 6. The van der Waals surface area contributed by atoms with Gasteiger partial charge in [-0.2, -0.15) is 15.3 Å². The summed E-state index contributed by atoms with van der Waals surface area (Å²) in [4.78, 5) is 167. The highest BCUT2D eigenvalue weighted by Gasteiger charge is 2.39. The van der Waals surface area contributed by atoms with Crippen molar-refractivity contribution in [3.63, 3.8) is 0 Å². The molecule has 0 radical (unpaired) electrons. The topological polar surface area (TPSA) is 487 Å². The van der Waals surface area contributed by atoms with Crippen molar-refractivity contribution in [3.8, 4) is 0 Å². The highest BCUT2D eigenvalue weighted by atomic mass is 80.9. The van der Waals surface area contributed by atoms with Gasteiger partial charge in [0.2, 0.25) is 0 Å². The van der Waals surface area contributed by atoms with E-state index in [-0.39, 0.29) is 62.6 Å². The van der Waals surface area contributed by atoms with Crippen molar-refractivity contribution in [2.24, 2.45) is 25.9 Å². The number of aryl methyl sites for hydroxylation is 2. The second-order valence-corrected chi connectivity index (χ2v) is 51.7. The van der Waals surface area contributed by atoms with E-state index in [1.54, 1.807) is 38.6 Å². The first kappa shape index (κ1) is 121. The molecule has 7 aromatic heterocycles. The largest absolute Gasteiger partial charge is 0.469 e. The maximum atomic E-state index is 13.0. The molecule has 750 valence electrons. The third-order valence-corrected chi connectivity index (χ3v) is 22.3. The molecule has 1 amide bonds. The zero-order chi connectivity index (χ0) is 105. The van der Waals surface area contributed by atoms with Crippen molar-refractivity contribution in [1.82, 2.24) is 93.3 Å². The van der Waals surface area contributed by atoms with Crippen molar-refractivity contribution in [3.05, 3.63) is 479 Å². The Hall–Kier alpha value is -11.5. The minimum atomic E-state index is -2.20. The van der Waals surface area contributed by atoms with Crippen LogP contribution in [0.15, 0.2) is 361 Å². The van der Waals surface area contributed by atoms with Gasteiger partial charge in [0, 0.05) is 138 Å². The summed E-state index contributed by atoms with van der Waals surface area (Å²) in [6, 6.07) is 80.9. The average Bonchev–Trinajstić information content (AvgIpc) is 0.942. The molecule has 1 aliphatic rings. The van der Waals surface area contributed by atoms with Crippen LogP contribution in [0.5, 0.6) is 0 Å². The van der Waals surface area contributed by atoms with Crippen LogP contribution in [-0.2, 0) is 77.0 Å². The van der Waals surface area contributed by atoms with Gasteiger partial charge in [0.15, 0.2) is 13.8 Å².